The van der Waals surface area contributed by atoms with Gasteiger partial charge >= 0.3 is 0 Å². The summed E-state index contributed by atoms with van der Waals surface area (Å²) in [5, 5.41) is 3.23. The van der Waals surface area contributed by atoms with E-state index in [0.717, 1.165) is 43.9 Å². The fraction of sp³-hybridized carbons (Fsp3) is 0.474. The summed E-state index contributed by atoms with van der Waals surface area (Å²) in [7, 11) is 0. The molecule has 0 spiro atoms. The number of rotatable bonds is 8. The SMILES string of the molecule is CCc1ccc(NC(=O)C2CCCN(C(=O)c3c(C)cccc3F)[C@H]2c2ccc(CN3CCCC3C)cc2)cc1N1CCCC1. The molecule has 1 N–H and O–H groups in total. The van der Waals surface area contributed by atoms with Crippen LogP contribution in [0.4, 0.5) is 15.8 Å². The number of piperidine rings is 1. The van der Waals surface area contributed by atoms with Crippen molar-refractivity contribution in [1.29, 1.82) is 0 Å². The van der Waals surface area contributed by atoms with Crippen LogP contribution < -0.4 is 10.2 Å². The summed E-state index contributed by atoms with van der Waals surface area (Å²) in [6.07, 6.45) is 7.08. The van der Waals surface area contributed by atoms with Gasteiger partial charge in [0.2, 0.25) is 5.91 Å². The molecule has 7 heteroatoms. The summed E-state index contributed by atoms with van der Waals surface area (Å²) in [5.74, 6) is -1.45. The quantitative estimate of drug-likeness (QED) is 0.287. The van der Waals surface area contributed by atoms with Gasteiger partial charge in [0, 0.05) is 43.6 Å². The molecule has 0 aromatic heterocycles. The molecule has 0 aliphatic carbocycles. The van der Waals surface area contributed by atoms with E-state index in [2.05, 4.69) is 65.4 Å². The first-order valence-corrected chi connectivity index (χ1v) is 16.9. The summed E-state index contributed by atoms with van der Waals surface area (Å²) in [6, 6.07) is 19.5. The lowest BCUT2D eigenvalue weighted by Gasteiger charge is -2.41. The predicted molar refractivity (Wildman–Crippen MR) is 179 cm³/mol. The van der Waals surface area contributed by atoms with Crippen LogP contribution in [0.1, 0.15) is 91.0 Å². The highest BCUT2D eigenvalue weighted by Crippen LogP contribution is 2.39. The predicted octanol–water partition coefficient (Wildman–Crippen LogP) is 7.51. The molecule has 45 heavy (non-hydrogen) atoms. The number of nitrogens with one attached hydrogen (secondary N) is 1. The number of likely N-dealkylation sites (tertiary alicyclic amines) is 2. The number of hydrogen-bond acceptors (Lipinski definition) is 4. The third kappa shape index (κ3) is 6.64. The molecule has 3 aliphatic heterocycles. The maximum absolute atomic E-state index is 15.1. The van der Waals surface area contributed by atoms with Gasteiger partial charge in [0.15, 0.2) is 0 Å². The first kappa shape index (κ1) is 31.3. The van der Waals surface area contributed by atoms with E-state index >= 15 is 4.39 Å². The van der Waals surface area contributed by atoms with E-state index in [-0.39, 0.29) is 17.4 Å². The van der Waals surface area contributed by atoms with Crippen LogP contribution in [-0.2, 0) is 17.8 Å². The number of aryl methyl sites for hydroxylation is 2. The van der Waals surface area contributed by atoms with Gasteiger partial charge in [0.25, 0.3) is 5.91 Å². The van der Waals surface area contributed by atoms with Crippen LogP contribution in [-0.4, -0.2) is 53.8 Å². The fourth-order valence-corrected chi connectivity index (χ4v) is 7.67. The van der Waals surface area contributed by atoms with Crippen LogP contribution in [0, 0.1) is 18.7 Å². The van der Waals surface area contributed by atoms with Gasteiger partial charge in [-0.15, -0.1) is 0 Å². The van der Waals surface area contributed by atoms with E-state index in [1.54, 1.807) is 24.0 Å². The van der Waals surface area contributed by atoms with Gasteiger partial charge in [-0.05, 0) is 106 Å². The van der Waals surface area contributed by atoms with Crippen molar-refractivity contribution in [2.24, 2.45) is 5.92 Å². The number of anilines is 2. The van der Waals surface area contributed by atoms with Gasteiger partial charge in [-0.3, -0.25) is 14.5 Å². The molecule has 2 amide bonds. The summed E-state index contributed by atoms with van der Waals surface area (Å²) in [4.78, 5) is 34.9. The van der Waals surface area contributed by atoms with Gasteiger partial charge < -0.3 is 15.1 Å². The number of hydrogen-bond donors (Lipinski definition) is 1. The normalized spacial score (nSPS) is 22.2. The molecular formula is C38H47FN4O2. The molecule has 3 fully saturated rings. The van der Waals surface area contributed by atoms with Crippen molar-refractivity contribution in [3.63, 3.8) is 0 Å². The molecule has 0 bridgehead atoms. The van der Waals surface area contributed by atoms with Crippen LogP contribution in [0.2, 0.25) is 0 Å². The molecule has 6 rings (SSSR count). The van der Waals surface area contributed by atoms with Crippen molar-refractivity contribution < 1.29 is 14.0 Å². The van der Waals surface area contributed by atoms with E-state index in [1.807, 2.05) is 6.07 Å². The number of amides is 2. The molecule has 238 valence electrons. The van der Waals surface area contributed by atoms with E-state index in [0.29, 0.717) is 31.0 Å². The smallest absolute Gasteiger partial charge is 0.257 e. The first-order valence-electron chi connectivity index (χ1n) is 16.9. The fourth-order valence-electron chi connectivity index (χ4n) is 7.67. The summed E-state index contributed by atoms with van der Waals surface area (Å²) < 4.78 is 15.1. The van der Waals surface area contributed by atoms with E-state index in [1.165, 1.54) is 48.6 Å². The highest BCUT2D eigenvalue weighted by molar-refractivity contribution is 5.98. The topological polar surface area (TPSA) is 55.9 Å². The number of halogens is 1. The minimum Gasteiger partial charge on any atom is -0.371 e. The average molecular weight is 611 g/mol. The largest absolute Gasteiger partial charge is 0.371 e. The highest BCUT2D eigenvalue weighted by Gasteiger charge is 2.40. The third-order valence-corrected chi connectivity index (χ3v) is 10.2. The molecule has 3 saturated heterocycles. The number of carbonyl (C=O) groups excluding carboxylic acids is 2. The lowest BCUT2D eigenvalue weighted by molar-refractivity contribution is -0.123. The Morgan fingerprint density at radius 2 is 1.67 bits per heavy atom. The molecule has 6 nitrogen and oxygen atoms in total. The van der Waals surface area contributed by atoms with Gasteiger partial charge in [-0.25, -0.2) is 4.39 Å². The Hall–Kier alpha value is -3.71. The summed E-state index contributed by atoms with van der Waals surface area (Å²) in [5.41, 5.74) is 6.08. The molecule has 2 unspecified atom stereocenters. The van der Waals surface area contributed by atoms with Gasteiger partial charge in [-0.2, -0.15) is 0 Å². The second-order valence-electron chi connectivity index (χ2n) is 13.2. The van der Waals surface area contributed by atoms with Crippen LogP contribution >= 0.6 is 0 Å². The zero-order valence-corrected chi connectivity index (χ0v) is 27.0. The molecule has 3 aromatic carbocycles. The Morgan fingerprint density at radius 3 is 2.36 bits per heavy atom. The summed E-state index contributed by atoms with van der Waals surface area (Å²) >= 11 is 0. The number of nitrogens with zero attached hydrogens (tertiary/aromatic N) is 3. The van der Waals surface area contributed by atoms with E-state index < -0.39 is 17.8 Å². The second-order valence-corrected chi connectivity index (χ2v) is 13.2. The van der Waals surface area contributed by atoms with Crippen molar-refractivity contribution >= 4 is 23.2 Å². The molecular weight excluding hydrogens is 563 g/mol. The Morgan fingerprint density at radius 1 is 0.911 bits per heavy atom. The third-order valence-electron chi connectivity index (χ3n) is 10.2. The van der Waals surface area contributed by atoms with Gasteiger partial charge in [0.1, 0.15) is 5.82 Å². The van der Waals surface area contributed by atoms with E-state index in [4.69, 9.17) is 0 Å². The first-order chi connectivity index (χ1) is 21.8. The maximum atomic E-state index is 15.1. The maximum Gasteiger partial charge on any atom is 0.257 e. The number of benzene rings is 3. The van der Waals surface area contributed by atoms with Crippen molar-refractivity contribution in [2.75, 3.05) is 36.4 Å². The minimum absolute atomic E-state index is 0.0913. The van der Waals surface area contributed by atoms with Crippen molar-refractivity contribution in [3.8, 4) is 0 Å². The monoisotopic (exact) mass is 610 g/mol. The van der Waals surface area contributed by atoms with Crippen LogP contribution in [0.15, 0.2) is 60.7 Å². The molecule has 3 aliphatic rings. The second kappa shape index (κ2) is 13.7. The molecule has 3 aromatic rings. The van der Waals surface area contributed by atoms with E-state index in [9.17, 15) is 9.59 Å². The van der Waals surface area contributed by atoms with Gasteiger partial charge in [0.05, 0.1) is 17.5 Å². The molecule has 0 saturated carbocycles. The van der Waals surface area contributed by atoms with Crippen LogP contribution in [0.25, 0.3) is 0 Å². The minimum atomic E-state index is -0.522. The molecule has 3 atom stereocenters. The van der Waals surface area contributed by atoms with Crippen molar-refractivity contribution in [3.05, 3.63) is 94.3 Å². The van der Waals surface area contributed by atoms with Crippen LogP contribution in [0.3, 0.4) is 0 Å². The van der Waals surface area contributed by atoms with Crippen LogP contribution in [0.5, 0.6) is 0 Å². The Labute approximate surface area is 267 Å². The molecule has 3 heterocycles. The summed E-state index contributed by atoms with van der Waals surface area (Å²) in [6.45, 7) is 10.8. The lowest BCUT2D eigenvalue weighted by atomic mass is 9.83. The Kier molecular flexibility index (Phi) is 9.55. The average Bonchev–Trinajstić information content (AvgIpc) is 3.73. The Balaban J connectivity index is 1.31. The van der Waals surface area contributed by atoms with Crippen molar-refractivity contribution in [2.45, 2.75) is 84.3 Å². The Bertz CT molecular complexity index is 1500. The molecule has 0 radical (unpaired) electrons. The zero-order chi connectivity index (χ0) is 31.5. The highest BCUT2D eigenvalue weighted by atomic mass is 19.1. The number of carbonyl (C=O) groups is 2. The lowest BCUT2D eigenvalue weighted by Crippen LogP contribution is -2.46. The standard InChI is InChI=1S/C38H47FN4O2/c1-4-29-18-19-31(24-34(29)41-20-5-6-21-41)40-37(44)32-12-9-23-43(38(45)35-26(2)10-7-13-33(35)39)36(32)30-16-14-28(15-17-30)25-42-22-8-11-27(42)3/h7,10,13-19,24,27,32,36H,4-6,8-9,11-12,20-23,25H2,1-3H3,(H,40,44)/t27?,32?,36-/m0/s1. The van der Waals surface area contributed by atoms with Crippen molar-refractivity contribution in [1.82, 2.24) is 9.80 Å². The van der Waals surface area contributed by atoms with Gasteiger partial charge in [-0.1, -0.05) is 49.4 Å². The zero-order valence-electron chi connectivity index (χ0n) is 27.0.